The summed E-state index contributed by atoms with van der Waals surface area (Å²) in [5.41, 5.74) is 0. The van der Waals surface area contributed by atoms with E-state index in [0.717, 1.165) is 25.9 Å². The minimum Gasteiger partial charge on any atom is -0.459 e. The second kappa shape index (κ2) is 16.9. The van der Waals surface area contributed by atoms with Crippen LogP contribution in [0.15, 0.2) is 0 Å². The van der Waals surface area contributed by atoms with Gasteiger partial charge in [-0.25, -0.2) is 0 Å². The molecule has 2 fully saturated rings. The Labute approximate surface area is 215 Å². The minimum absolute atomic E-state index is 0.167. The van der Waals surface area contributed by atoms with Crippen LogP contribution in [0, 0.1) is 5.92 Å². The lowest BCUT2D eigenvalue weighted by Crippen LogP contribution is -2.47. The molecule has 11 nitrogen and oxygen atoms in total. The Morgan fingerprint density at radius 3 is 2.33 bits per heavy atom. The molecule has 208 valence electrons. The monoisotopic (exact) mass is 514 g/mol. The first-order chi connectivity index (χ1) is 17.3. The molecule has 2 saturated heterocycles. The van der Waals surface area contributed by atoms with Crippen LogP contribution in [-0.2, 0) is 33.3 Å². The van der Waals surface area contributed by atoms with Crippen LogP contribution in [0.3, 0.4) is 0 Å². The highest BCUT2D eigenvalue weighted by molar-refractivity contribution is 5.89. The fourth-order valence-corrected chi connectivity index (χ4v) is 4.06. The molecule has 0 aliphatic carbocycles. The summed E-state index contributed by atoms with van der Waals surface area (Å²) in [6.07, 6.45) is 1.44. The Morgan fingerprint density at radius 1 is 1.00 bits per heavy atom. The van der Waals surface area contributed by atoms with Crippen LogP contribution in [0.25, 0.3) is 0 Å². The van der Waals surface area contributed by atoms with Crippen molar-refractivity contribution in [3.8, 4) is 0 Å². The average molecular weight is 515 g/mol. The molecule has 3 N–H and O–H groups in total. The summed E-state index contributed by atoms with van der Waals surface area (Å²) in [6, 6.07) is -0.564. The van der Waals surface area contributed by atoms with E-state index in [-0.39, 0.29) is 55.9 Å². The second-order valence-electron chi connectivity index (χ2n) is 10.0. The number of carbonyl (C=O) groups excluding carboxylic acids is 3. The number of hydrogen-bond donors (Lipinski definition) is 3. The molecule has 36 heavy (non-hydrogen) atoms. The lowest BCUT2D eigenvalue weighted by Gasteiger charge is -2.24. The number of nitrogens with one attached hydrogen (secondary N) is 3. The highest BCUT2D eigenvalue weighted by atomic mass is 16.6. The van der Waals surface area contributed by atoms with Crippen molar-refractivity contribution in [1.29, 1.82) is 0 Å². The van der Waals surface area contributed by atoms with Crippen LogP contribution in [0.4, 0.5) is 0 Å². The molecule has 0 bridgehead atoms. The Morgan fingerprint density at radius 2 is 1.69 bits per heavy atom. The predicted molar refractivity (Wildman–Crippen MR) is 134 cm³/mol. The molecule has 3 atom stereocenters. The number of esters is 1. The topological polar surface area (TPSA) is 127 Å². The summed E-state index contributed by atoms with van der Waals surface area (Å²) < 4.78 is 22.1. The Hall–Kier alpha value is -1.79. The molecule has 0 spiro atoms. The van der Waals surface area contributed by atoms with Crippen LogP contribution in [0.2, 0.25) is 0 Å². The predicted octanol–water partition coefficient (Wildman–Crippen LogP) is 0.0711. The molecule has 2 heterocycles. The molecule has 2 rings (SSSR count). The number of rotatable bonds is 17. The van der Waals surface area contributed by atoms with E-state index in [1.165, 1.54) is 4.90 Å². The van der Waals surface area contributed by atoms with E-state index >= 15 is 0 Å². The third kappa shape index (κ3) is 11.5. The van der Waals surface area contributed by atoms with Gasteiger partial charge in [0.05, 0.1) is 39.6 Å². The van der Waals surface area contributed by atoms with Crippen molar-refractivity contribution in [1.82, 2.24) is 20.9 Å². The SMILES string of the molecule is CC(C)CNC(=O)C1CC(OC(=O)C2CCCN2)CN1C(=O)COCCOCCOCCNC(C)C. The van der Waals surface area contributed by atoms with Crippen molar-refractivity contribution in [3.63, 3.8) is 0 Å². The molecular formula is C25H46N4O7. The second-order valence-corrected chi connectivity index (χ2v) is 10.0. The lowest BCUT2D eigenvalue weighted by molar-refractivity contribution is -0.151. The van der Waals surface area contributed by atoms with Gasteiger partial charge in [0, 0.05) is 25.6 Å². The zero-order valence-electron chi connectivity index (χ0n) is 22.4. The molecular weight excluding hydrogens is 468 g/mol. The van der Waals surface area contributed by atoms with Gasteiger partial charge in [-0.05, 0) is 25.3 Å². The summed E-state index contributed by atoms with van der Waals surface area (Å²) in [7, 11) is 0. The first-order valence-corrected chi connectivity index (χ1v) is 13.3. The van der Waals surface area contributed by atoms with Crippen molar-refractivity contribution in [2.75, 3.05) is 65.8 Å². The van der Waals surface area contributed by atoms with E-state index in [0.29, 0.717) is 39.0 Å². The highest BCUT2D eigenvalue weighted by Gasteiger charge is 2.42. The first-order valence-electron chi connectivity index (χ1n) is 13.3. The van der Waals surface area contributed by atoms with Gasteiger partial charge in [-0.2, -0.15) is 0 Å². The summed E-state index contributed by atoms with van der Waals surface area (Å²) >= 11 is 0. The largest absolute Gasteiger partial charge is 0.459 e. The number of likely N-dealkylation sites (tertiary alicyclic amines) is 1. The van der Waals surface area contributed by atoms with Crippen molar-refractivity contribution >= 4 is 17.8 Å². The van der Waals surface area contributed by atoms with Crippen molar-refractivity contribution < 1.29 is 33.3 Å². The Bertz CT molecular complexity index is 671. The van der Waals surface area contributed by atoms with Crippen LogP contribution in [-0.4, -0.2) is 113 Å². The van der Waals surface area contributed by atoms with Crippen LogP contribution in [0.1, 0.15) is 47.0 Å². The third-order valence-corrected chi connectivity index (χ3v) is 5.97. The number of hydrogen-bond acceptors (Lipinski definition) is 9. The van der Waals surface area contributed by atoms with E-state index in [2.05, 4.69) is 29.8 Å². The van der Waals surface area contributed by atoms with E-state index in [9.17, 15) is 14.4 Å². The van der Waals surface area contributed by atoms with Gasteiger partial charge >= 0.3 is 5.97 Å². The Kier molecular flexibility index (Phi) is 14.3. The molecule has 3 unspecified atom stereocenters. The summed E-state index contributed by atoms with van der Waals surface area (Å²) in [6.45, 7) is 12.5. The van der Waals surface area contributed by atoms with E-state index in [4.69, 9.17) is 18.9 Å². The molecule has 0 aromatic carbocycles. The quantitative estimate of drug-likeness (QED) is 0.183. The standard InChI is InChI=1S/C25H46N4O7/c1-18(2)15-28-24(31)22-14-20(36-25(32)21-6-5-7-27-21)16-29(22)23(30)17-35-13-12-34-11-10-33-9-8-26-19(3)4/h18-22,26-27H,5-17H2,1-4H3,(H,28,31). The lowest BCUT2D eigenvalue weighted by atomic mass is 10.1. The maximum absolute atomic E-state index is 12.9. The van der Waals surface area contributed by atoms with Crippen molar-refractivity contribution in [2.24, 2.45) is 5.92 Å². The molecule has 0 aromatic heterocycles. The van der Waals surface area contributed by atoms with Gasteiger partial charge in [0.2, 0.25) is 11.8 Å². The van der Waals surface area contributed by atoms with Gasteiger partial charge in [0.1, 0.15) is 24.8 Å². The highest BCUT2D eigenvalue weighted by Crippen LogP contribution is 2.22. The Balaban J connectivity index is 1.71. The smallest absolute Gasteiger partial charge is 0.323 e. The minimum atomic E-state index is -0.687. The number of amides is 2. The fraction of sp³-hybridized carbons (Fsp3) is 0.880. The van der Waals surface area contributed by atoms with E-state index < -0.39 is 12.1 Å². The van der Waals surface area contributed by atoms with Crippen molar-refractivity contribution in [3.05, 3.63) is 0 Å². The summed E-state index contributed by atoms with van der Waals surface area (Å²) in [5.74, 6) is -0.576. The van der Waals surface area contributed by atoms with Crippen LogP contribution < -0.4 is 16.0 Å². The van der Waals surface area contributed by atoms with Gasteiger partial charge in [-0.1, -0.05) is 27.7 Å². The molecule has 11 heteroatoms. The maximum Gasteiger partial charge on any atom is 0.323 e. The van der Waals surface area contributed by atoms with Gasteiger partial charge in [-0.3, -0.25) is 14.4 Å². The number of ether oxygens (including phenoxy) is 4. The molecule has 2 aliphatic rings. The molecule has 0 radical (unpaired) electrons. The van der Waals surface area contributed by atoms with E-state index in [1.807, 2.05) is 13.8 Å². The first kappa shape index (κ1) is 30.4. The summed E-state index contributed by atoms with van der Waals surface area (Å²) in [5, 5.41) is 9.28. The van der Waals surface area contributed by atoms with Gasteiger partial charge in [0.15, 0.2) is 0 Å². The zero-order chi connectivity index (χ0) is 26.3. The van der Waals surface area contributed by atoms with Crippen LogP contribution >= 0.6 is 0 Å². The third-order valence-electron chi connectivity index (χ3n) is 5.97. The fourth-order valence-electron chi connectivity index (χ4n) is 4.06. The van der Waals surface area contributed by atoms with E-state index in [1.54, 1.807) is 0 Å². The van der Waals surface area contributed by atoms with Crippen LogP contribution in [0.5, 0.6) is 0 Å². The van der Waals surface area contributed by atoms with Crippen molar-refractivity contribution in [2.45, 2.75) is 71.2 Å². The van der Waals surface area contributed by atoms with Gasteiger partial charge < -0.3 is 39.8 Å². The molecule has 2 aliphatic heterocycles. The molecule has 0 saturated carbocycles. The van der Waals surface area contributed by atoms with Gasteiger partial charge in [-0.15, -0.1) is 0 Å². The molecule has 0 aromatic rings. The summed E-state index contributed by atoms with van der Waals surface area (Å²) in [4.78, 5) is 39.6. The number of carbonyl (C=O) groups is 3. The van der Waals surface area contributed by atoms with Gasteiger partial charge in [0.25, 0.3) is 0 Å². The number of nitrogens with zero attached hydrogens (tertiary/aromatic N) is 1. The molecule has 2 amide bonds. The average Bonchev–Trinajstić information content (AvgIpc) is 3.51. The normalized spacial score (nSPS) is 21.9. The maximum atomic E-state index is 12.9. The zero-order valence-corrected chi connectivity index (χ0v) is 22.4.